The molecule has 2 rings (SSSR count). The molecule has 86 valence electrons. The van der Waals surface area contributed by atoms with Gasteiger partial charge in [-0.1, -0.05) is 29.3 Å². The molecule has 0 unspecified atom stereocenters. The topological polar surface area (TPSA) is 30.7 Å². The van der Waals surface area contributed by atoms with Gasteiger partial charge < -0.3 is 0 Å². The summed E-state index contributed by atoms with van der Waals surface area (Å²) in [6, 6.07) is 5.52. The van der Waals surface area contributed by atoms with Crippen molar-refractivity contribution < 1.29 is 0 Å². The van der Waals surface area contributed by atoms with Crippen molar-refractivity contribution in [2.24, 2.45) is 0 Å². The SMILES string of the molecule is Cl.Clc1ccc(CCn2cncn2)c(Cl)c1. The molecule has 0 spiro atoms. The molecule has 1 heterocycles. The lowest BCUT2D eigenvalue weighted by Crippen LogP contribution is -2.01. The molecule has 0 bridgehead atoms. The van der Waals surface area contributed by atoms with E-state index in [4.69, 9.17) is 23.2 Å². The lowest BCUT2D eigenvalue weighted by atomic mass is 10.1. The summed E-state index contributed by atoms with van der Waals surface area (Å²) >= 11 is 11.8. The number of nitrogens with zero attached hydrogens (tertiary/aromatic N) is 3. The molecule has 0 radical (unpaired) electrons. The monoisotopic (exact) mass is 277 g/mol. The first kappa shape index (κ1) is 13.3. The molecular weight excluding hydrogens is 268 g/mol. The van der Waals surface area contributed by atoms with Crippen molar-refractivity contribution in [2.45, 2.75) is 13.0 Å². The minimum Gasteiger partial charge on any atom is -0.253 e. The summed E-state index contributed by atoms with van der Waals surface area (Å²) in [5.74, 6) is 0. The lowest BCUT2D eigenvalue weighted by Gasteiger charge is -2.04. The molecule has 6 heteroatoms. The van der Waals surface area contributed by atoms with Crippen molar-refractivity contribution in [2.75, 3.05) is 0 Å². The van der Waals surface area contributed by atoms with E-state index in [2.05, 4.69) is 10.1 Å². The van der Waals surface area contributed by atoms with Crippen LogP contribution in [0.1, 0.15) is 5.56 Å². The number of aromatic nitrogens is 3. The molecule has 0 aliphatic heterocycles. The molecule has 0 amide bonds. The highest BCUT2D eigenvalue weighted by Crippen LogP contribution is 2.21. The molecule has 1 aromatic carbocycles. The summed E-state index contributed by atoms with van der Waals surface area (Å²) in [7, 11) is 0. The summed E-state index contributed by atoms with van der Waals surface area (Å²) in [4.78, 5) is 3.87. The predicted octanol–water partition coefficient (Wildman–Crippen LogP) is 3.25. The summed E-state index contributed by atoms with van der Waals surface area (Å²) in [5.41, 5.74) is 1.07. The molecule has 16 heavy (non-hydrogen) atoms. The van der Waals surface area contributed by atoms with E-state index in [9.17, 15) is 0 Å². The maximum atomic E-state index is 6.04. The fourth-order valence-electron chi connectivity index (χ4n) is 1.31. The van der Waals surface area contributed by atoms with E-state index < -0.39 is 0 Å². The van der Waals surface area contributed by atoms with Crippen LogP contribution in [-0.4, -0.2) is 14.8 Å². The van der Waals surface area contributed by atoms with Crippen LogP contribution in [0.15, 0.2) is 30.9 Å². The Morgan fingerprint density at radius 2 is 2.06 bits per heavy atom. The van der Waals surface area contributed by atoms with E-state index in [1.54, 1.807) is 17.1 Å². The highest BCUT2D eigenvalue weighted by atomic mass is 35.5. The van der Waals surface area contributed by atoms with Crippen LogP contribution in [0.25, 0.3) is 0 Å². The van der Waals surface area contributed by atoms with E-state index in [0.717, 1.165) is 18.5 Å². The molecule has 1 aromatic heterocycles. The van der Waals surface area contributed by atoms with E-state index >= 15 is 0 Å². The van der Waals surface area contributed by atoms with Crippen LogP contribution in [0.4, 0.5) is 0 Å². The van der Waals surface area contributed by atoms with Gasteiger partial charge in [0.2, 0.25) is 0 Å². The van der Waals surface area contributed by atoms with E-state index in [1.807, 2.05) is 12.1 Å². The van der Waals surface area contributed by atoms with Gasteiger partial charge in [-0.2, -0.15) is 5.10 Å². The third kappa shape index (κ3) is 3.37. The van der Waals surface area contributed by atoms with Crippen molar-refractivity contribution >= 4 is 35.6 Å². The van der Waals surface area contributed by atoms with Crippen LogP contribution in [0.2, 0.25) is 10.0 Å². The molecule has 0 aliphatic carbocycles. The largest absolute Gasteiger partial charge is 0.253 e. The molecule has 3 nitrogen and oxygen atoms in total. The van der Waals surface area contributed by atoms with Crippen molar-refractivity contribution in [3.63, 3.8) is 0 Å². The first-order valence-electron chi connectivity index (χ1n) is 4.52. The average molecular weight is 279 g/mol. The number of hydrogen-bond acceptors (Lipinski definition) is 2. The number of aryl methyl sites for hydroxylation is 2. The van der Waals surface area contributed by atoms with E-state index in [1.165, 1.54) is 6.33 Å². The van der Waals surface area contributed by atoms with Crippen LogP contribution < -0.4 is 0 Å². The smallest absolute Gasteiger partial charge is 0.137 e. The average Bonchev–Trinajstić information content (AvgIpc) is 2.69. The van der Waals surface area contributed by atoms with Crippen LogP contribution >= 0.6 is 35.6 Å². The number of halogens is 3. The lowest BCUT2D eigenvalue weighted by molar-refractivity contribution is 0.613. The minimum atomic E-state index is 0. The van der Waals surface area contributed by atoms with Crippen molar-refractivity contribution in [1.82, 2.24) is 14.8 Å². The Morgan fingerprint density at radius 3 is 2.69 bits per heavy atom. The summed E-state index contributed by atoms with van der Waals surface area (Å²) in [6.45, 7) is 0.765. The highest BCUT2D eigenvalue weighted by molar-refractivity contribution is 6.35. The standard InChI is InChI=1S/C10H9Cl2N3.ClH/c11-9-2-1-8(10(12)5-9)3-4-15-7-13-6-14-15;/h1-2,5-7H,3-4H2;1H. The van der Waals surface area contributed by atoms with Crippen molar-refractivity contribution in [1.29, 1.82) is 0 Å². The van der Waals surface area contributed by atoms with Crippen LogP contribution in [-0.2, 0) is 13.0 Å². The van der Waals surface area contributed by atoms with Gasteiger partial charge in [-0.25, -0.2) is 4.98 Å². The maximum absolute atomic E-state index is 6.04. The van der Waals surface area contributed by atoms with Crippen molar-refractivity contribution in [3.8, 4) is 0 Å². The van der Waals surface area contributed by atoms with Gasteiger partial charge in [-0.3, -0.25) is 4.68 Å². The van der Waals surface area contributed by atoms with Gasteiger partial charge >= 0.3 is 0 Å². The van der Waals surface area contributed by atoms with E-state index in [0.29, 0.717) is 10.0 Å². The fourth-order valence-corrected chi connectivity index (χ4v) is 1.81. The van der Waals surface area contributed by atoms with E-state index in [-0.39, 0.29) is 12.4 Å². The van der Waals surface area contributed by atoms with Gasteiger partial charge in [0.05, 0.1) is 0 Å². The Labute approximate surface area is 110 Å². The van der Waals surface area contributed by atoms with Gasteiger partial charge in [-0.15, -0.1) is 12.4 Å². The number of hydrogen-bond donors (Lipinski definition) is 0. The maximum Gasteiger partial charge on any atom is 0.137 e. The molecule has 0 saturated heterocycles. The van der Waals surface area contributed by atoms with Crippen LogP contribution in [0.3, 0.4) is 0 Å². The number of benzene rings is 1. The molecule has 0 N–H and O–H groups in total. The van der Waals surface area contributed by atoms with Crippen LogP contribution in [0.5, 0.6) is 0 Å². The Hall–Kier alpha value is -0.770. The molecule has 0 atom stereocenters. The Bertz CT molecular complexity index is 443. The second kappa shape index (κ2) is 6.09. The molecule has 0 saturated carbocycles. The highest BCUT2D eigenvalue weighted by Gasteiger charge is 2.01. The minimum absolute atomic E-state index is 0. The van der Waals surface area contributed by atoms with Gasteiger partial charge in [0.15, 0.2) is 0 Å². The first-order valence-corrected chi connectivity index (χ1v) is 5.27. The quantitative estimate of drug-likeness (QED) is 0.863. The third-order valence-corrected chi connectivity index (χ3v) is 2.68. The molecule has 2 aromatic rings. The Balaban J connectivity index is 0.00000128. The molecule has 0 fully saturated rings. The normalized spacial score (nSPS) is 9.88. The number of rotatable bonds is 3. The summed E-state index contributed by atoms with van der Waals surface area (Å²) in [6.07, 6.45) is 4.02. The van der Waals surface area contributed by atoms with Crippen LogP contribution in [0, 0.1) is 0 Å². The molecular formula is C10H10Cl3N3. The zero-order valence-corrected chi connectivity index (χ0v) is 10.6. The molecule has 0 aliphatic rings. The van der Waals surface area contributed by atoms with Gasteiger partial charge in [0.1, 0.15) is 12.7 Å². The second-order valence-corrected chi connectivity index (χ2v) is 3.99. The van der Waals surface area contributed by atoms with Gasteiger partial charge in [0.25, 0.3) is 0 Å². The first-order chi connectivity index (χ1) is 7.25. The third-order valence-electron chi connectivity index (χ3n) is 2.09. The summed E-state index contributed by atoms with van der Waals surface area (Å²) in [5, 5.41) is 5.37. The zero-order chi connectivity index (χ0) is 10.7. The Morgan fingerprint density at radius 1 is 1.25 bits per heavy atom. The Kier molecular flexibility index (Phi) is 5.06. The van der Waals surface area contributed by atoms with Gasteiger partial charge in [0, 0.05) is 16.6 Å². The summed E-state index contributed by atoms with van der Waals surface area (Å²) < 4.78 is 1.77. The van der Waals surface area contributed by atoms with Gasteiger partial charge in [-0.05, 0) is 24.1 Å². The second-order valence-electron chi connectivity index (χ2n) is 3.14. The van der Waals surface area contributed by atoms with Crippen molar-refractivity contribution in [3.05, 3.63) is 46.5 Å². The predicted molar refractivity (Wildman–Crippen MR) is 67.4 cm³/mol. The zero-order valence-electron chi connectivity index (χ0n) is 8.31. The fraction of sp³-hybridized carbons (Fsp3) is 0.200.